The van der Waals surface area contributed by atoms with Crippen molar-refractivity contribution >= 4 is 51.5 Å². The van der Waals surface area contributed by atoms with Crippen LogP contribution in [-0.4, -0.2) is 40.5 Å². The van der Waals surface area contributed by atoms with Crippen LogP contribution in [0.1, 0.15) is 22.5 Å². The monoisotopic (exact) mass is 444 g/mol. The first-order valence-corrected chi connectivity index (χ1v) is 10.9. The van der Waals surface area contributed by atoms with Crippen LogP contribution in [0, 0.1) is 0 Å². The largest absolute Gasteiger partial charge is 0.465 e. The maximum Gasteiger partial charge on any atom is 0.339 e. The number of aromatic nitrogens is 1. The molecule has 32 heavy (non-hydrogen) atoms. The molecule has 160 valence electrons. The predicted molar refractivity (Wildman–Crippen MR) is 127 cm³/mol. The van der Waals surface area contributed by atoms with Gasteiger partial charge in [0.2, 0.25) is 5.91 Å². The van der Waals surface area contributed by atoms with Gasteiger partial charge in [-0.25, -0.2) is 14.8 Å². The molecule has 0 fully saturated rings. The molecule has 2 aromatic carbocycles. The number of fused-ring (bicyclic) bond motifs is 1. The lowest BCUT2D eigenvalue weighted by molar-refractivity contribution is -0.113. The Hall–Kier alpha value is -3.78. The molecule has 0 aliphatic carbocycles. The Labute approximate surface area is 189 Å². The third kappa shape index (κ3) is 5.09. The van der Waals surface area contributed by atoms with Gasteiger partial charge in [-0.15, -0.1) is 11.8 Å². The van der Waals surface area contributed by atoms with E-state index in [-0.39, 0.29) is 11.7 Å². The number of amides is 1. The lowest BCUT2D eigenvalue weighted by atomic mass is 10.2. The summed E-state index contributed by atoms with van der Waals surface area (Å²) in [4.78, 5) is 38.5. The number of esters is 1. The number of anilines is 1. The van der Waals surface area contributed by atoms with Gasteiger partial charge in [0.05, 0.1) is 51.9 Å². The smallest absolute Gasteiger partial charge is 0.339 e. The molecule has 3 aromatic rings. The van der Waals surface area contributed by atoms with Gasteiger partial charge in [0.25, 0.3) is 0 Å². The van der Waals surface area contributed by atoms with Crippen LogP contribution in [-0.2, 0) is 9.53 Å². The molecule has 0 radical (unpaired) electrons. The highest BCUT2D eigenvalue weighted by atomic mass is 32.2. The molecule has 8 heteroatoms. The zero-order valence-electron chi connectivity index (χ0n) is 17.3. The summed E-state index contributed by atoms with van der Waals surface area (Å²) in [7, 11) is 1.31. The fourth-order valence-corrected chi connectivity index (χ4v) is 3.91. The van der Waals surface area contributed by atoms with Crippen LogP contribution in [0.5, 0.6) is 0 Å². The highest BCUT2D eigenvalue weighted by molar-refractivity contribution is 8.14. The molecular formula is C24H20N4O3S. The molecule has 0 saturated heterocycles. The number of para-hydroxylation sites is 3. The zero-order chi connectivity index (χ0) is 22.3. The second-order valence-corrected chi connectivity index (χ2v) is 7.87. The zero-order valence-corrected chi connectivity index (χ0v) is 18.1. The van der Waals surface area contributed by atoms with Crippen LogP contribution in [0.15, 0.2) is 82.9 Å². The van der Waals surface area contributed by atoms with Crippen molar-refractivity contribution in [1.82, 2.24) is 4.98 Å². The number of nitrogens with one attached hydrogen (secondary N) is 1. The maximum atomic E-state index is 12.6. The van der Waals surface area contributed by atoms with E-state index in [2.05, 4.69) is 10.3 Å². The number of benzene rings is 2. The Morgan fingerprint density at radius 3 is 2.44 bits per heavy atom. The highest BCUT2D eigenvalue weighted by Gasteiger charge is 2.18. The molecule has 0 atom stereocenters. The van der Waals surface area contributed by atoms with Crippen LogP contribution >= 0.6 is 11.8 Å². The quantitative estimate of drug-likeness (QED) is 0.571. The Morgan fingerprint density at radius 2 is 1.69 bits per heavy atom. The third-order valence-electron chi connectivity index (χ3n) is 4.64. The lowest BCUT2D eigenvalue weighted by Crippen LogP contribution is -2.18. The molecule has 2 heterocycles. The molecule has 1 amide bonds. The number of carbonyl (C=O) groups excluding carboxylic acids is 2. The van der Waals surface area contributed by atoms with Gasteiger partial charge in [-0.3, -0.25) is 9.78 Å². The standard InChI is InChI=1S/C24H20N4O3S/c1-31-24(30)16-8-2-3-9-17(16)27-22(29)15-32-23-14-21(18-10-6-7-13-25-18)26-19-11-4-5-12-20(19)28-23/h2-13H,14-15H2,1H3,(H,27,29). The normalized spacial score (nSPS) is 12.7. The third-order valence-corrected chi connectivity index (χ3v) is 5.61. The fraction of sp³-hybridized carbons (Fsp3) is 0.125. The average Bonchev–Trinajstić information content (AvgIpc) is 3.02. The average molecular weight is 445 g/mol. The summed E-state index contributed by atoms with van der Waals surface area (Å²) >= 11 is 1.33. The minimum Gasteiger partial charge on any atom is -0.465 e. The van der Waals surface area contributed by atoms with Crippen LogP contribution in [0.4, 0.5) is 17.1 Å². The number of hydrogen-bond donors (Lipinski definition) is 1. The first kappa shape index (κ1) is 21.5. The summed E-state index contributed by atoms with van der Waals surface area (Å²) in [5.74, 6) is -0.621. The molecule has 1 aliphatic rings. The number of thioether (sulfide) groups is 1. The number of nitrogens with zero attached hydrogens (tertiary/aromatic N) is 3. The Kier molecular flexibility index (Phi) is 6.72. The molecular weight excluding hydrogens is 424 g/mol. The summed E-state index contributed by atoms with van der Waals surface area (Å²) in [6.07, 6.45) is 2.19. The molecule has 1 aliphatic heterocycles. The second kappa shape index (κ2) is 10.0. The number of ether oxygens (including phenoxy) is 1. The van der Waals surface area contributed by atoms with E-state index < -0.39 is 5.97 Å². The van der Waals surface area contributed by atoms with Crippen molar-refractivity contribution in [2.45, 2.75) is 6.42 Å². The van der Waals surface area contributed by atoms with Crippen LogP contribution in [0.25, 0.3) is 0 Å². The summed E-state index contributed by atoms with van der Waals surface area (Å²) in [5, 5.41) is 3.54. The lowest BCUT2D eigenvalue weighted by Gasteiger charge is -2.10. The van der Waals surface area contributed by atoms with E-state index in [0.717, 1.165) is 27.8 Å². The van der Waals surface area contributed by atoms with Gasteiger partial charge in [-0.05, 0) is 36.4 Å². The predicted octanol–water partition coefficient (Wildman–Crippen LogP) is 4.79. The van der Waals surface area contributed by atoms with E-state index >= 15 is 0 Å². The Morgan fingerprint density at radius 1 is 0.969 bits per heavy atom. The van der Waals surface area contributed by atoms with Gasteiger partial charge < -0.3 is 10.1 Å². The topological polar surface area (TPSA) is 93.0 Å². The van der Waals surface area contributed by atoms with Crippen molar-refractivity contribution in [3.05, 3.63) is 84.2 Å². The minimum atomic E-state index is -0.505. The first-order chi connectivity index (χ1) is 15.6. The van der Waals surface area contributed by atoms with Crippen molar-refractivity contribution in [1.29, 1.82) is 0 Å². The number of rotatable bonds is 5. The molecule has 4 rings (SSSR count). The fourth-order valence-electron chi connectivity index (χ4n) is 3.14. The molecule has 1 aromatic heterocycles. The number of methoxy groups -OCH3 is 1. The van der Waals surface area contributed by atoms with E-state index in [9.17, 15) is 9.59 Å². The van der Waals surface area contributed by atoms with E-state index in [0.29, 0.717) is 17.7 Å². The highest BCUT2D eigenvalue weighted by Crippen LogP contribution is 2.33. The Bertz CT molecular complexity index is 1210. The van der Waals surface area contributed by atoms with Crippen LogP contribution in [0.2, 0.25) is 0 Å². The van der Waals surface area contributed by atoms with Gasteiger partial charge in [0.1, 0.15) is 0 Å². The summed E-state index contributed by atoms with van der Waals surface area (Å²) in [5.41, 5.74) is 3.79. The van der Waals surface area contributed by atoms with Crippen molar-refractivity contribution in [2.75, 3.05) is 18.2 Å². The molecule has 0 unspecified atom stereocenters. The van der Waals surface area contributed by atoms with Crippen molar-refractivity contribution in [3.63, 3.8) is 0 Å². The van der Waals surface area contributed by atoms with Crippen molar-refractivity contribution in [3.8, 4) is 0 Å². The summed E-state index contributed by atoms with van der Waals surface area (Å²) < 4.78 is 4.78. The number of carbonyl (C=O) groups is 2. The second-order valence-electron chi connectivity index (χ2n) is 6.82. The van der Waals surface area contributed by atoms with E-state index in [1.54, 1.807) is 30.5 Å². The molecule has 0 bridgehead atoms. The molecule has 0 saturated carbocycles. The molecule has 0 spiro atoms. The van der Waals surface area contributed by atoms with E-state index in [4.69, 9.17) is 14.7 Å². The van der Waals surface area contributed by atoms with Crippen molar-refractivity contribution < 1.29 is 14.3 Å². The van der Waals surface area contributed by atoms with E-state index in [1.807, 2.05) is 42.5 Å². The number of pyridine rings is 1. The summed E-state index contributed by atoms with van der Waals surface area (Å²) in [6.45, 7) is 0. The van der Waals surface area contributed by atoms with Gasteiger partial charge in [-0.2, -0.15) is 0 Å². The summed E-state index contributed by atoms with van der Waals surface area (Å²) in [6, 6.07) is 20.0. The SMILES string of the molecule is COC(=O)c1ccccc1NC(=O)CSC1=Nc2ccccc2N=C(c2ccccn2)C1. The maximum absolute atomic E-state index is 12.6. The van der Waals surface area contributed by atoms with Gasteiger partial charge >= 0.3 is 5.97 Å². The Balaban J connectivity index is 1.51. The molecule has 1 N–H and O–H groups in total. The minimum absolute atomic E-state index is 0.131. The van der Waals surface area contributed by atoms with E-state index in [1.165, 1.54) is 18.9 Å². The van der Waals surface area contributed by atoms with Gasteiger partial charge in [0.15, 0.2) is 0 Å². The van der Waals surface area contributed by atoms with Gasteiger partial charge in [0, 0.05) is 12.6 Å². The number of hydrogen-bond acceptors (Lipinski definition) is 7. The van der Waals surface area contributed by atoms with Crippen LogP contribution < -0.4 is 5.32 Å². The molecule has 7 nitrogen and oxygen atoms in total. The van der Waals surface area contributed by atoms with Gasteiger partial charge in [-0.1, -0.05) is 30.3 Å². The van der Waals surface area contributed by atoms with Crippen molar-refractivity contribution in [2.24, 2.45) is 9.98 Å². The van der Waals surface area contributed by atoms with Crippen LogP contribution in [0.3, 0.4) is 0 Å². The first-order valence-electron chi connectivity index (χ1n) is 9.89. The number of aliphatic imine (C=N–C) groups is 2.